The third-order valence-corrected chi connectivity index (χ3v) is 3.55. The lowest BCUT2D eigenvalue weighted by Crippen LogP contribution is -2.11. The Hall–Kier alpha value is -3.80. The number of aromatic hydroxyl groups is 1. The van der Waals surface area contributed by atoms with Gasteiger partial charge in [-0.3, -0.25) is 4.79 Å². The average molecular weight is 363 g/mol. The molecule has 0 bridgehead atoms. The molecule has 27 heavy (non-hydrogen) atoms. The Bertz CT molecular complexity index is 955. The number of carbonyl (C=O) groups excluding carboxylic acids is 2. The zero-order valence-corrected chi connectivity index (χ0v) is 14.5. The normalized spacial score (nSPS) is 10.1. The molecule has 0 spiro atoms. The minimum Gasteiger partial charge on any atom is -0.503 e. The average Bonchev–Trinajstić information content (AvgIpc) is 2.66. The number of ether oxygens (including phenoxy) is 2. The molecule has 136 valence electrons. The first-order valence-electron chi connectivity index (χ1n) is 8.17. The van der Waals surface area contributed by atoms with E-state index in [-0.39, 0.29) is 22.7 Å². The number of phenols is 1. The van der Waals surface area contributed by atoms with Crippen molar-refractivity contribution in [2.24, 2.45) is 0 Å². The number of carbonyl (C=O) groups is 2. The lowest BCUT2D eigenvalue weighted by molar-refractivity contribution is -0.114. The molecular weight excluding hydrogens is 346 g/mol. The maximum absolute atomic E-state index is 12.5. The number of rotatable bonds is 5. The van der Waals surface area contributed by atoms with Gasteiger partial charge in [-0.2, -0.15) is 0 Å². The van der Waals surface area contributed by atoms with Gasteiger partial charge in [-0.15, -0.1) is 0 Å². The highest BCUT2D eigenvalue weighted by atomic mass is 16.5. The van der Waals surface area contributed by atoms with E-state index in [4.69, 9.17) is 9.47 Å². The highest BCUT2D eigenvalue weighted by Crippen LogP contribution is 2.38. The van der Waals surface area contributed by atoms with Gasteiger partial charge in [-0.25, -0.2) is 4.79 Å². The second-order valence-corrected chi connectivity index (χ2v) is 5.67. The summed E-state index contributed by atoms with van der Waals surface area (Å²) in [6.07, 6.45) is 0. The Balaban J connectivity index is 1.96. The molecule has 0 atom stereocenters. The molecule has 6 heteroatoms. The third kappa shape index (κ3) is 4.64. The fourth-order valence-corrected chi connectivity index (χ4v) is 2.36. The van der Waals surface area contributed by atoms with Crippen LogP contribution in [0.1, 0.15) is 17.3 Å². The number of benzene rings is 3. The Morgan fingerprint density at radius 2 is 1.48 bits per heavy atom. The van der Waals surface area contributed by atoms with E-state index in [1.807, 2.05) is 6.07 Å². The highest BCUT2D eigenvalue weighted by molar-refractivity contribution is 5.97. The summed E-state index contributed by atoms with van der Waals surface area (Å²) in [4.78, 5) is 23.9. The number of phenolic OH excluding ortho intramolecular Hbond substituents is 1. The first-order valence-corrected chi connectivity index (χ1v) is 8.17. The standard InChI is InChI=1S/C21H17NO5/c1-14(23)22-18-12-15(21(25)27-17-10-6-3-7-11-17)13-19(20(18)24)26-16-8-4-2-5-9-16/h2-13,24H,1H3,(H,22,23). The van der Waals surface area contributed by atoms with Gasteiger partial charge in [0.25, 0.3) is 0 Å². The number of hydrogen-bond acceptors (Lipinski definition) is 5. The summed E-state index contributed by atoms with van der Waals surface area (Å²) in [6, 6.07) is 20.0. The molecule has 3 aromatic carbocycles. The predicted octanol–water partition coefficient (Wildman–Crippen LogP) is 4.36. The van der Waals surface area contributed by atoms with Crippen LogP contribution in [0, 0.1) is 0 Å². The minimum atomic E-state index is -0.647. The largest absolute Gasteiger partial charge is 0.503 e. The Morgan fingerprint density at radius 3 is 2.07 bits per heavy atom. The van der Waals surface area contributed by atoms with Gasteiger partial charge in [0.05, 0.1) is 11.3 Å². The minimum absolute atomic E-state index is 0.0208. The van der Waals surface area contributed by atoms with Crippen molar-refractivity contribution in [3.63, 3.8) is 0 Å². The van der Waals surface area contributed by atoms with Crippen LogP contribution in [0.25, 0.3) is 0 Å². The predicted molar refractivity (Wildman–Crippen MR) is 100 cm³/mol. The van der Waals surface area contributed by atoms with Crippen molar-refractivity contribution in [2.75, 3.05) is 5.32 Å². The molecular formula is C21H17NO5. The van der Waals surface area contributed by atoms with Gasteiger partial charge in [-0.1, -0.05) is 36.4 Å². The van der Waals surface area contributed by atoms with Crippen LogP contribution in [0.15, 0.2) is 72.8 Å². The third-order valence-electron chi connectivity index (χ3n) is 3.55. The highest BCUT2D eigenvalue weighted by Gasteiger charge is 2.18. The fraction of sp³-hybridized carbons (Fsp3) is 0.0476. The van der Waals surface area contributed by atoms with Gasteiger partial charge >= 0.3 is 5.97 Å². The SMILES string of the molecule is CC(=O)Nc1cc(C(=O)Oc2ccccc2)cc(Oc2ccccc2)c1O. The van der Waals surface area contributed by atoms with Crippen LogP contribution in [-0.2, 0) is 4.79 Å². The molecule has 1 amide bonds. The van der Waals surface area contributed by atoms with Gasteiger partial charge in [-0.05, 0) is 36.4 Å². The number of amides is 1. The Morgan fingerprint density at radius 1 is 0.889 bits per heavy atom. The molecule has 3 aromatic rings. The Labute approximate surface area is 156 Å². The molecule has 0 aromatic heterocycles. The van der Waals surface area contributed by atoms with E-state index in [0.717, 1.165) is 0 Å². The van der Waals surface area contributed by atoms with Crippen molar-refractivity contribution >= 4 is 17.6 Å². The molecule has 0 unspecified atom stereocenters. The number of esters is 1. The molecule has 2 N–H and O–H groups in total. The summed E-state index contributed by atoms with van der Waals surface area (Å²) in [7, 11) is 0. The molecule has 0 aliphatic heterocycles. The van der Waals surface area contributed by atoms with E-state index < -0.39 is 11.9 Å². The molecule has 0 radical (unpaired) electrons. The molecule has 0 heterocycles. The van der Waals surface area contributed by atoms with Crippen LogP contribution in [-0.4, -0.2) is 17.0 Å². The van der Waals surface area contributed by atoms with Gasteiger partial charge in [0.2, 0.25) is 5.91 Å². The molecule has 0 saturated carbocycles. The van der Waals surface area contributed by atoms with E-state index >= 15 is 0 Å². The van der Waals surface area contributed by atoms with Crippen molar-refractivity contribution in [3.8, 4) is 23.0 Å². The zero-order valence-electron chi connectivity index (χ0n) is 14.5. The smallest absolute Gasteiger partial charge is 0.343 e. The summed E-state index contributed by atoms with van der Waals surface area (Å²) in [5.41, 5.74) is 0.169. The van der Waals surface area contributed by atoms with Crippen molar-refractivity contribution in [2.45, 2.75) is 6.92 Å². The van der Waals surface area contributed by atoms with Gasteiger partial charge in [0.15, 0.2) is 11.5 Å². The van der Waals surface area contributed by atoms with Crippen molar-refractivity contribution in [1.82, 2.24) is 0 Å². The second-order valence-electron chi connectivity index (χ2n) is 5.67. The number of nitrogens with one attached hydrogen (secondary N) is 1. The van der Waals surface area contributed by atoms with Gasteiger partial charge in [0.1, 0.15) is 11.5 Å². The van der Waals surface area contributed by atoms with E-state index in [9.17, 15) is 14.7 Å². The molecule has 6 nitrogen and oxygen atoms in total. The van der Waals surface area contributed by atoms with E-state index in [2.05, 4.69) is 5.32 Å². The molecule has 0 saturated heterocycles. The summed E-state index contributed by atoms with van der Waals surface area (Å²) in [5.74, 6) is -0.467. The zero-order chi connectivity index (χ0) is 19.2. The molecule has 0 aliphatic rings. The van der Waals surface area contributed by atoms with Crippen LogP contribution in [0.4, 0.5) is 5.69 Å². The van der Waals surface area contributed by atoms with Crippen LogP contribution in [0.2, 0.25) is 0 Å². The van der Waals surface area contributed by atoms with Gasteiger partial charge in [0, 0.05) is 6.92 Å². The van der Waals surface area contributed by atoms with Crippen molar-refractivity contribution in [3.05, 3.63) is 78.4 Å². The molecule has 0 fully saturated rings. The maximum Gasteiger partial charge on any atom is 0.343 e. The summed E-state index contributed by atoms with van der Waals surface area (Å²) >= 11 is 0. The first-order chi connectivity index (χ1) is 13.0. The van der Waals surface area contributed by atoms with Crippen LogP contribution < -0.4 is 14.8 Å². The summed E-state index contributed by atoms with van der Waals surface area (Å²) in [6.45, 7) is 1.30. The molecule has 3 rings (SSSR count). The maximum atomic E-state index is 12.5. The van der Waals surface area contributed by atoms with Crippen molar-refractivity contribution < 1.29 is 24.2 Å². The Kier molecular flexibility index (Phi) is 5.37. The number of anilines is 1. The summed E-state index contributed by atoms with van der Waals surface area (Å²) < 4.78 is 11.0. The summed E-state index contributed by atoms with van der Waals surface area (Å²) in [5, 5.41) is 12.9. The van der Waals surface area contributed by atoms with Crippen LogP contribution in [0.5, 0.6) is 23.0 Å². The monoisotopic (exact) mass is 363 g/mol. The van der Waals surface area contributed by atoms with Gasteiger partial charge < -0.3 is 19.9 Å². The van der Waals surface area contributed by atoms with Crippen LogP contribution >= 0.6 is 0 Å². The van der Waals surface area contributed by atoms with Crippen molar-refractivity contribution in [1.29, 1.82) is 0 Å². The van der Waals surface area contributed by atoms with E-state index in [1.54, 1.807) is 54.6 Å². The fourth-order valence-electron chi connectivity index (χ4n) is 2.36. The van der Waals surface area contributed by atoms with E-state index in [0.29, 0.717) is 11.5 Å². The topological polar surface area (TPSA) is 84.9 Å². The first kappa shape index (κ1) is 18.0. The number of para-hydroxylation sites is 2. The number of hydrogen-bond donors (Lipinski definition) is 2. The lowest BCUT2D eigenvalue weighted by Gasteiger charge is -2.14. The second kappa shape index (κ2) is 8.05. The van der Waals surface area contributed by atoms with Crippen LogP contribution in [0.3, 0.4) is 0 Å². The quantitative estimate of drug-likeness (QED) is 0.400. The lowest BCUT2D eigenvalue weighted by atomic mass is 10.1. The molecule has 0 aliphatic carbocycles. The van der Waals surface area contributed by atoms with E-state index in [1.165, 1.54) is 19.1 Å².